The lowest BCUT2D eigenvalue weighted by molar-refractivity contribution is -0.0275. The summed E-state index contributed by atoms with van der Waals surface area (Å²) in [5, 5.41) is 0. The summed E-state index contributed by atoms with van der Waals surface area (Å²) in [6, 6.07) is 0.352. The highest BCUT2D eigenvalue weighted by molar-refractivity contribution is 4.94. The van der Waals surface area contributed by atoms with Crippen LogP contribution < -0.4 is 5.73 Å². The zero-order chi connectivity index (χ0) is 13.9. The molecule has 7 unspecified atom stereocenters. The molecule has 18 heavy (non-hydrogen) atoms. The van der Waals surface area contributed by atoms with Gasteiger partial charge in [0.2, 0.25) is 0 Å². The molecule has 0 spiro atoms. The van der Waals surface area contributed by atoms with Crippen molar-refractivity contribution in [3.63, 3.8) is 0 Å². The smallest absolute Gasteiger partial charge is 0.00414 e. The molecule has 1 aliphatic carbocycles. The summed E-state index contributed by atoms with van der Waals surface area (Å²) in [7, 11) is 0. The molecule has 2 N–H and O–H groups in total. The van der Waals surface area contributed by atoms with Gasteiger partial charge in [-0.15, -0.1) is 0 Å². The van der Waals surface area contributed by atoms with Gasteiger partial charge in [0.05, 0.1) is 0 Å². The molecule has 0 amide bonds. The van der Waals surface area contributed by atoms with Crippen molar-refractivity contribution in [2.45, 2.75) is 73.3 Å². The van der Waals surface area contributed by atoms with Gasteiger partial charge in [0, 0.05) is 6.04 Å². The van der Waals surface area contributed by atoms with E-state index in [9.17, 15) is 0 Å². The molecule has 0 aromatic heterocycles. The minimum absolute atomic E-state index is 0.352. The van der Waals surface area contributed by atoms with Gasteiger partial charge in [-0.05, 0) is 48.9 Å². The van der Waals surface area contributed by atoms with E-state index < -0.39 is 0 Å². The number of hydrogen-bond donors (Lipinski definition) is 1. The van der Waals surface area contributed by atoms with Crippen LogP contribution in [0.25, 0.3) is 0 Å². The third-order valence-electron chi connectivity index (χ3n) is 5.95. The van der Waals surface area contributed by atoms with Gasteiger partial charge in [0.1, 0.15) is 0 Å². The molecule has 7 atom stereocenters. The third-order valence-corrected chi connectivity index (χ3v) is 5.95. The monoisotopic (exact) mass is 253 g/mol. The Labute approximate surface area is 115 Å². The zero-order valence-electron chi connectivity index (χ0n) is 13.4. The first-order valence-electron chi connectivity index (χ1n) is 8.19. The maximum absolute atomic E-state index is 6.24. The summed E-state index contributed by atoms with van der Waals surface area (Å²) < 4.78 is 0. The summed E-state index contributed by atoms with van der Waals surface area (Å²) in [4.78, 5) is 0. The Morgan fingerprint density at radius 3 is 2.00 bits per heavy atom. The summed E-state index contributed by atoms with van der Waals surface area (Å²) in [6.07, 6.45) is 5.39. The molecule has 0 saturated heterocycles. The summed E-state index contributed by atoms with van der Waals surface area (Å²) >= 11 is 0. The molecule has 0 heterocycles. The lowest BCUT2D eigenvalue weighted by Gasteiger charge is -2.52. The van der Waals surface area contributed by atoms with Crippen LogP contribution in [0.15, 0.2) is 0 Å². The minimum Gasteiger partial charge on any atom is -0.328 e. The number of nitrogens with two attached hydrogens (primary N) is 1. The van der Waals surface area contributed by atoms with Gasteiger partial charge in [-0.1, -0.05) is 53.9 Å². The Balaban J connectivity index is 2.62. The molecular weight excluding hydrogens is 218 g/mol. The molecule has 0 bridgehead atoms. The molecule has 0 aliphatic heterocycles. The maximum atomic E-state index is 6.24. The van der Waals surface area contributed by atoms with Crippen molar-refractivity contribution in [1.82, 2.24) is 0 Å². The molecule has 1 saturated carbocycles. The second-order valence-corrected chi connectivity index (χ2v) is 6.98. The Morgan fingerprint density at radius 2 is 1.56 bits per heavy atom. The van der Waals surface area contributed by atoms with Gasteiger partial charge in [-0.3, -0.25) is 0 Å². The van der Waals surface area contributed by atoms with E-state index in [1.807, 2.05) is 0 Å². The van der Waals surface area contributed by atoms with Crippen LogP contribution in [0.5, 0.6) is 0 Å². The normalized spacial score (nSPS) is 36.8. The first kappa shape index (κ1) is 16.0. The fourth-order valence-electron chi connectivity index (χ4n) is 4.20. The highest BCUT2D eigenvalue weighted by Crippen LogP contribution is 2.51. The van der Waals surface area contributed by atoms with Crippen molar-refractivity contribution in [2.75, 3.05) is 0 Å². The predicted molar refractivity (Wildman–Crippen MR) is 81.4 cm³/mol. The van der Waals surface area contributed by atoms with Crippen molar-refractivity contribution in [1.29, 1.82) is 0 Å². The van der Waals surface area contributed by atoms with Crippen LogP contribution in [0.2, 0.25) is 0 Å². The standard InChI is InChI=1S/C17H35N/c1-7-9-15-12(4)13(5)17(15)10-16(14(6)18)11(3)8-2/h11-17H,7-10,18H2,1-6H3. The van der Waals surface area contributed by atoms with Crippen LogP contribution >= 0.6 is 0 Å². The molecular formula is C17H35N. The lowest BCUT2D eigenvalue weighted by Crippen LogP contribution is -2.46. The van der Waals surface area contributed by atoms with Crippen molar-refractivity contribution in [3.8, 4) is 0 Å². The van der Waals surface area contributed by atoms with Crippen LogP contribution in [0.3, 0.4) is 0 Å². The van der Waals surface area contributed by atoms with Gasteiger partial charge in [-0.25, -0.2) is 0 Å². The Kier molecular flexibility index (Phi) is 6.17. The summed E-state index contributed by atoms with van der Waals surface area (Å²) in [6.45, 7) is 14.1. The molecule has 1 rings (SSSR count). The fourth-order valence-corrected chi connectivity index (χ4v) is 4.20. The molecule has 1 aliphatic rings. The van der Waals surface area contributed by atoms with Crippen LogP contribution in [-0.4, -0.2) is 6.04 Å². The molecule has 1 nitrogen and oxygen atoms in total. The average molecular weight is 253 g/mol. The van der Waals surface area contributed by atoms with Crippen molar-refractivity contribution in [3.05, 3.63) is 0 Å². The van der Waals surface area contributed by atoms with E-state index in [0.29, 0.717) is 12.0 Å². The van der Waals surface area contributed by atoms with Crippen LogP contribution in [0.1, 0.15) is 67.2 Å². The van der Waals surface area contributed by atoms with Crippen LogP contribution in [0.4, 0.5) is 0 Å². The van der Waals surface area contributed by atoms with Crippen molar-refractivity contribution in [2.24, 2.45) is 41.2 Å². The maximum Gasteiger partial charge on any atom is 0.00414 e. The predicted octanol–water partition coefficient (Wildman–Crippen LogP) is 4.70. The average Bonchev–Trinajstić information content (AvgIpc) is 2.36. The molecule has 108 valence electrons. The highest BCUT2D eigenvalue weighted by atomic mass is 14.6. The fraction of sp³-hybridized carbons (Fsp3) is 1.00. The van der Waals surface area contributed by atoms with Crippen molar-refractivity contribution < 1.29 is 0 Å². The third kappa shape index (κ3) is 3.29. The second kappa shape index (κ2) is 6.93. The van der Waals surface area contributed by atoms with E-state index in [2.05, 4.69) is 41.5 Å². The van der Waals surface area contributed by atoms with E-state index in [1.54, 1.807) is 0 Å². The Bertz CT molecular complexity index is 236. The van der Waals surface area contributed by atoms with Crippen LogP contribution in [0, 0.1) is 35.5 Å². The Hall–Kier alpha value is -0.0400. The molecule has 1 fully saturated rings. The number of rotatable bonds is 7. The van der Waals surface area contributed by atoms with E-state index >= 15 is 0 Å². The Morgan fingerprint density at radius 1 is 1.00 bits per heavy atom. The first-order chi connectivity index (χ1) is 8.43. The number of hydrogen-bond acceptors (Lipinski definition) is 1. The van der Waals surface area contributed by atoms with Gasteiger partial charge in [-0.2, -0.15) is 0 Å². The second-order valence-electron chi connectivity index (χ2n) is 6.98. The topological polar surface area (TPSA) is 26.0 Å². The minimum atomic E-state index is 0.352. The van der Waals surface area contributed by atoms with E-state index in [4.69, 9.17) is 5.73 Å². The summed E-state index contributed by atoms with van der Waals surface area (Å²) in [5.41, 5.74) is 6.24. The van der Waals surface area contributed by atoms with E-state index in [-0.39, 0.29) is 0 Å². The van der Waals surface area contributed by atoms with E-state index in [1.165, 1.54) is 25.7 Å². The molecule has 0 radical (unpaired) electrons. The molecule has 0 aromatic rings. The quantitative estimate of drug-likeness (QED) is 0.699. The van der Waals surface area contributed by atoms with E-state index in [0.717, 1.165) is 29.6 Å². The molecule has 1 heteroatoms. The molecule has 0 aromatic carbocycles. The SMILES string of the molecule is CCCC1C(C)C(C)C1CC(C(C)N)C(C)CC. The van der Waals surface area contributed by atoms with Crippen LogP contribution in [-0.2, 0) is 0 Å². The zero-order valence-corrected chi connectivity index (χ0v) is 13.4. The van der Waals surface area contributed by atoms with Crippen molar-refractivity contribution >= 4 is 0 Å². The van der Waals surface area contributed by atoms with Gasteiger partial charge < -0.3 is 5.73 Å². The van der Waals surface area contributed by atoms with Gasteiger partial charge >= 0.3 is 0 Å². The summed E-state index contributed by atoms with van der Waals surface area (Å²) in [5.74, 6) is 5.23. The van der Waals surface area contributed by atoms with Gasteiger partial charge in [0.25, 0.3) is 0 Å². The largest absolute Gasteiger partial charge is 0.328 e. The first-order valence-corrected chi connectivity index (χ1v) is 8.19. The lowest BCUT2D eigenvalue weighted by atomic mass is 9.54. The highest BCUT2D eigenvalue weighted by Gasteiger charge is 2.45. The van der Waals surface area contributed by atoms with Gasteiger partial charge in [0.15, 0.2) is 0 Å².